The van der Waals surface area contributed by atoms with Gasteiger partial charge in [-0.05, 0) is 119 Å². The molecule has 0 amide bonds. The van der Waals surface area contributed by atoms with Crippen LogP contribution < -0.4 is 25.4 Å². The molecule has 3 saturated heterocycles. The molecule has 0 unspecified atom stereocenters. The van der Waals surface area contributed by atoms with Crippen molar-refractivity contribution in [2.24, 2.45) is 17.8 Å². The molecular weight excluding hydrogens is 829 g/mol. The number of esters is 1. The minimum atomic E-state index is -1.83. The maximum atomic E-state index is 14.6. The molecule has 17 heteroatoms. The average Bonchev–Trinajstić information content (AvgIpc) is 3.24. The second-order valence-electron chi connectivity index (χ2n) is 19.4. The summed E-state index contributed by atoms with van der Waals surface area (Å²) in [5.41, 5.74) is -6.04. The molecule has 0 spiro atoms. The van der Waals surface area contributed by atoms with Crippen LogP contribution in [-0.2, 0) is 33.2 Å². The van der Waals surface area contributed by atoms with E-state index in [-0.39, 0.29) is 43.9 Å². The van der Waals surface area contributed by atoms with Crippen LogP contribution in [0.1, 0.15) is 115 Å². The number of pyridine rings is 1. The third-order valence-corrected chi connectivity index (χ3v) is 14.0. The lowest BCUT2D eigenvalue weighted by atomic mass is 9.75. The number of aromatic nitrogens is 1. The quantitative estimate of drug-likeness (QED) is 0.0990. The lowest BCUT2D eigenvalue weighted by Gasteiger charge is -2.53. The highest BCUT2D eigenvalue weighted by molar-refractivity contribution is 5.73. The molecule has 3 aliphatic heterocycles. The van der Waals surface area contributed by atoms with Crippen LogP contribution in [-0.4, -0.2) is 162 Å². The van der Waals surface area contributed by atoms with Gasteiger partial charge in [0.25, 0.3) is 5.88 Å². The molecule has 3 fully saturated rings. The summed E-state index contributed by atoms with van der Waals surface area (Å²) in [5.74, 6) is -2.02. The molecule has 64 heavy (non-hydrogen) atoms. The van der Waals surface area contributed by atoms with Crippen LogP contribution in [0.25, 0.3) is 0 Å². The number of nitrogens with zero attached hydrogens (tertiary/aromatic N) is 1. The summed E-state index contributed by atoms with van der Waals surface area (Å²) in [7, 11) is 3.39. The van der Waals surface area contributed by atoms with Crippen molar-refractivity contribution in [2.75, 3.05) is 40.4 Å². The number of aliphatic hydroxyl groups excluding tert-OH is 1. The third-order valence-electron chi connectivity index (χ3n) is 14.0. The molecule has 1 aromatic rings. The van der Waals surface area contributed by atoms with Gasteiger partial charge in [-0.25, -0.2) is 4.98 Å². The van der Waals surface area contributed by atoms with Gasteiger partial charge < -0.3 is 74.3 Å². The topological polar surface area (TPSA) is 221 Å². The van der Waals surface area contributed by atoms with Gasteiger partial charge in [0.15, 0.2) is 24.4 Å². The molecule has 3 aliphatic rings. The van der Waals surface area contributed by atoms with Crippen molar-refractivity contribution < 1.29 is 63.1 Å². The second-order valence-corrected chi connectivity index (χ2v) is 19.4. The van der Waals surface area contributed by atoms with E-state index in [0.29, 0.717) is 37.7 Å². The molecule has 4 heterocycles. The van der Waals surface area contributed by atoms with Crippen LogP contribution in [0, 0.1) is 17.8 Å². The largest absolute Gasteiger partial charge is 0.478 e. The van der Waals surface area contributed by atoms with Crippen molar-refractivity contribution in [3.05, 3.63) is 18.3 Å². The van der Waals surface area contributed by atoms with Crippen LogP contribution in [0.5, 0.6) is 11.6 Å². The Kier molecular flexibility index (Phi) is 19.7. The number of aliphatic hydroxyl groups is 4. The summed E-state index contributed by atoms with van der Waals surface area (Å²) in [6, 6.07) is 2.65. The highest BCUT2D eigenvalue weighted by Crippen LogP contribution is 2.43. The zero-order valence-electron chi connectivity index (χ0n) is 41.1. The molecule has 0 aliphatic carbocycles. The molecule has 0 saturated carbocycles. The Hall–Kier alpha value is -2.26. The monoisotopic (exact) mass is 913 g/mol. The van der Waals surface area contributed by atoms with Crippen LogP contribution in [0.4, 0.5) is 0 Å². The Morgan fingerprint density at radius 3 is 2.31 bits per heavy atom. The first-order chi connectivity index (χ1) is 30.0. The summed E-state index contributed by atoms with van der Waals surface area (Å²) in [5, 5.41) is 58.4. The van der Waals surface area contributed by atoms with Gasteiger partial charge >= 0.3 is 5.97 Å². The molecule has 17 nitrogen and oxygen atoms in total. The lowest BCUT2D eigenvalue weighted by molar-refractivity contribution is -0.335. The van der Waals surface area contributed by atoms with Crippen molar-refractivity contribution in [1.29, 1.82) is 0 Å². The van der Waals surface area contributed by atoms with E-state index < -0.39 is 95.5 Å². The summed E-state index contributed by atoms with van der Waals surface area (Å²) < 4.78 is 51.9. The minimum Gasteiger partial charge on any atom is -0.478 e. The number of carbonyl (C=O) groups excluding carboxylic acids is 1. The van der Waals surface area contributed by atoms with Crippen molar-refractivity contribution in [2.45, 2.75) is 205 Å². The molecular formula is C47H84N4O13. The SMILES string of the molecule is CCCNC[C@]1(O)[C@H](C)O[C@@H](O[C@H]2[C@H](C)[C@@H](O[C@@H]3O[C@H](C)C[C@H](NC)[C@H]3Oc3cccnc3OCC)[C@](C)(O)C[C@@H](C)CN[C@H](C)[C@@H](O)[C@](C)(O)[C@@H](CC)OC(=O)[C@@H]2C)C[C@@]1(C)OC. The van der Waals surface area contributed by atoms with Gasteiger partial charge in [0.2, 0.25) is 0 Å². The number of nitrogens with one attached hydrogen (secondary N) is 3. The van der Waals surface area contributed by atoms with Gasteiger partial charge in [0, 0.05) is 38.2 Å². The molecule has 1 aromatic heterocycles. The predicted octanol–water partition coefficient (Wildman–Crippen LogP) is 3.47. The molecule has 0 aromatic carbocycles. The predicted molar refractivity (Wildman–Crippen MR) is 241 cm³/mol. The van der Waals surface area contributed by atoms with Crippen molar-refractivity contribution in [3.63, 3.8) is 0 Å². The number of hydrogen-bond acceptors (Lipinski definition) is 17. The van der Waals surface area contributed by atoms with E-state index in [0.717, 1.165) is 6.42 Å². The number of methoxy groups -OCH3 is 1. The summed E-state index contributed by atoms with van der Waals surface area (Å²) in [6.07, 6.45) is -4.88. The Morgan fingerprint density at radius 2 is 1.69 bits per heavy atom. The van der Waals surface area contributed by atoms with Gasteiger partial charge in [0.1, 0.15) is 29.0 Å². The molecule has 370 valence electrons. The van der Waals surface area contributed by atoms with Crippen LogP contribution in [0.2, 0.25) is 0 Å². The van der Waals surface area contributed by atoms with E-state index in [2.05, 4.69) is 20.9 Å². The summed E-state index contributed by atoms with van der Waals surface area (Å²) in [4.78, 5) is 19.0. The van der Waals surface area contributed by atoms with Gasteiger partial charge in [0.05, 0.1) is 48.6 Å². The van der Waals surface area contributed by atoms with Crippen LogP contribution in [0.15, 0.2) is 18.3 Å². The zero-order valence-corrected chi connectivity index (χ0v) is 41.1. The Balaban J connectivity index is 1.86. The van der Waals surface area contributed by atoms with E-state index in [9.17, 15) is 25.2 Å². The minimum absolute atomic E-state index is 0.0837. The third kappa shape index (κ3) is 12.4. The number of ether oxygens (including phenoxy) is 8. The highest BCUT2D eigenvalue weighted by Gasteiger charge is 2.58. The van der Waals surface area contributed by atoms with Gasteiger partial charge in [-0.15, -0.1) is 0 Å². The molecule has 0 bridgehead atoms. The maximum Gasteiger partial charge on any atom is 0.311 e. The van der Waals surface area contributed by atoms with E-state index in [1.54, 1.807) is 60.1 Å². The normalized spacial score (nSPS) is 43.1. The van der Waals surface area contributed by atoms with Gasteiger partial charge in [-0.1, -0.05) is 27.7 Å². The average molecular weight is 913 g/mol. The number of likely N-dealkylation sites (N-methyl/N-ethyl adjacent to an activating group) is 1. The number of hydrogen-bond donors (Lipinski definition) is 7. The Morgan fingerprint density at radius 1 is 0.984 bits per heavy atom. The number of rotatable bonds is 15. The van der Waals surface area contributed by atoms with E-state index in [4.69, 9.17) is 37.9 Å². The molecule has 18 atom stereocenters. The van der Waals surface area contributed by atoms with Gasteiger partial charge in [-0.2, -0.15) is 0 Å². The summed E-state index contributed by atoms with van der Waals surface area (Å²) in [6.45, 7) is 23.3. The smallest absolute Gasteiger partial charge is 0.311 e. The first-order valence-electron chi connectivity index (χ1n) is 23.6. The van der Waals surface area contributed by atoms with Gasteiger partial charge in [-0.3, -0.25) is 4.79 Å². The first kappa shape index (κ1) is 54.3. The summed E-state index contributed by atoms with van der Waals surface area (Å²) >= 11 is 0. The van der Waals surface area contributed by atoms with Crippen molar-refractivity contribution in [3.8, 4) is 11.6 Å². The van der Waals surface area contributed by atoms with Crippen molar-refractivity contribution in [1.82, 2.24) is 20.9 Å². The van der Waals surface area contributed by atoms with Crippen LogP contribution >= 0.6 is 0 Å². The standard InChI is InChI=1S/C47H84N4O13/c1-15-20-49-26-47(56)32(9)60-36(24-45(47,11)57-14)63-37-29(6)40(64-43-38(33(48-13)22-28(5)59-43)61-34-19-18-21-50-41(34)58-17-3)44(10,54)23-27(4)25-51-31(8)39(52)46(12,55)35(16-2)62-42(53)30(37)7/h18-19,21,27-33,35-40,43,48-49,51-52,54-56H,15-17,20,22-26H2,1-14H3/t27-,28-,29+,30-,31-,32+,33+,35-,36+,37+,38-,39-,40-,43+,44-,45-,46-,47+/m1/s1. The van der Waals surface area contributed by atoms with E-state index >= 15 is 0 Å². The Bertz CT molecular complexity index is 1590. The molecule has 0 radical (unpaired) electrons. The zero-order chi connectivity index (χ0) is 47.8. The van der Waals surface area contributed by atoms with Crippen molar-refractivity contribution >= 4 is 5.97 Å². The van der Waals surface area contributed by atoms with E-state index in [1.807, 2.05) is 48.6 Å². The fraction of sp³-hybridized carbons (Fsp3) is 0.872. The first-order valence-corrected chi connectivity index (χ1v) is 23.6. The van der Waals surface area contributed by atoms with E-state index in [1.165, 1.54) is 6.92 Å². The lowest BCUT2D eigenvalue weighted by Crippen LogP contribution is -2.70. The fourth-order valence-corrected chi connectivity index (χ4v) is 9.98. The molecule has 7 N–H and O–H groups in total. The Labute approximate surface area is 382 Å². The number of carbonyl (C=O) groups is 1. The number of cyclic esters (lactones) is 1. The highest BCUT2D eigenvalue weighted by atomic mass is 16.7. The van der Waals surface area contributed by atoms with Crippen LogP contribution in [0.3, 0.4) is 0 Å². The fourth-order valence-electron chi connectivity index (χ4n) is 9.98. The second kappa shape index (κ2) is 23.2. The maximum absolute atomic E-state index is 14.6. The molecule has 4 rings (SSSR count).